The first kappa shape index (κ1) is 13.0. The lowest BCUT2D eigenvalue weighted by molar-refractivity contribution is 0.0992. The van der Waals surface area contributed by atoms with Crippen LogP contribution in [0.15, 0.2) is 18.2 Å². The lowest BCUT2D eigenvalue weighted by atomic mass is 10.2. The Labute approximate surface area is 100 Å². The molecule has 1 rings (SSSR count). The average molecular weight is 243 g/mol. The van der Waals surface area contributed by atoms with E-state index >= 15 is 0 Å². The maximum atomic E-state index is 10.7. The largest absolute Gasteiger partial charge is 0.489 e. The van der Waals surface area contributed by atoms with Gasteiger partial charge in [-0.2, -0.15) is 0 Å². The molecule has 1 aromatic carbocycles. The Kier molecular flexibility index (Phi) is 5.90. The van der Waals surface area contributed by atoms with Crippen molar-refractivity contribution >= 4 is 17.9 Å². The van der Waals surface area contributed by atoms with E-state index < -0.39 is 0 Å². The number of rotatable bonds is 7. The molecule has 0 aromatic heterocycles. The fourth-order valence-corrected chi connectivity index (χ4v) is 1.46. The summed E-state index contributed by atoms with van der Waals surface area (Å²) in [7, 11) is 0. The molecule has 0 radical (unpaired) electrons. The Balaban J connectivity index is 2.49. The van der Waals surface area contributed by atoms with E-state index in [9.17, 15) is 4.79 Å². The molecule has 4 heteroatoms. The van der Waals surface area contributed by atoms with Gasteiger partial charge in [-0.05, 0) is 18.6 Å². The summed E-state index contributed by atoms with van der Waals surface area (Å²) in [6.45, 7) is 3.65. The molecule has 0 aliphatic rings. The first-order valence-electron chi connectivity index (χ1n) is 5.23. The van der Waals surface area contributed by atoms with Crippen molar-refractivity contribution in [3.8, 4) is 5.75 Å². The Morgan fingerprint density at radius 3 is 2.81 bits per heavy atom. The Morgan fingerprint density at radius 1 is 1.31 bits per heavy atom. The molecule has 0 fully saturated rings. The molecule has 16 heavy (non-hydrogen) atoms. The third kappa shape index (κ3) is 3.83. The molecule has 0 saturated carbocycles. The number of para-hydroxylation sites is 1. The molecule has 0 atom stereocenters. The minimum absolute atomic E-state index is 0.393. The molecular formula is C12H15ClO3. The van der Waals surface area contributed by atoms with E-state index in [4.69, 9.17) is 21.1 Å². The third-order valence-electron chi connectivity index (χ3n) is 1.95. The molecule has 0 saturated heterocycles. The van der Waals surface area contributed by atoms with E-state index in [2.05, 4.69) is 0 Å². The van der Waals surface area contributed by atoms with E-state index in [0.29, 0.717) is 36.2 Å². The van der Waals surface area contributed by atoms with Gasteiger partial charge in [0.2, 0.25) is 0 Å². The maximum absolute atomic E-state index is 10.7. The van der Waals surface area contributed by atoms with Crippen LogP contribution in [0.4, 0.5) is 0 Å². The highest BCUT2D eigenvalue weighted by Gasteiger charge is 2.07. The van der Waals surface area contributed by atoms with Crippen molar-refractivity contribution in [2.24, 2.45) is 0 Å². The van der Waals surface area contributed by atoms with Crippen LogP contribution in [0.5, 0.6) is 5.75 Å². The van der Waals surface area contributed by atoms with E-state index in [0.717, 1.165) is 12.7 Å². The number of carbonyl (C=O) groups excluding carboxylic acids is 1. The van der Waals surface area contributed by atoms with Gasteiger partial charge < -0.3 is 9.47 Å². The third-order valence-corrected chi connectivity index (χ3v) is 2.24. The van der Waals surface area contributed by atoms with Gasteiger partial charge in [0.1, 0.15) is 12.4 Å². The van der Waals surface area contributed by atoms with Crippen LogP contribution >= 0.6 is 11.6 Å². The van der Waals surface area contributed by atoms with Crippen molar-refractivity contribution < 1.29 is 14.3 Å². The van der Waals surface area contributed by atoms with Gasteiger partial charge in [-0.3, -0.25) is 4.79 Å². The average Bonchev–Trinajstić information content (AvgIpc) is 2.30. The fraction of sp³-hybridized carbons (Fsp3) is 0.417. The zero-order valence-electron chi connectivity index (χ0n) is 9.24. The summed E-state index contributed by atoms with van der Waals surface area (Å²) < 4.78 is 10.7. The number of carbonyl (C=O) groups is 1. The van der Waals surface area contributed by atoms with Crippen molar-refractivity contribution in [3.05, 3.63) is 28.8 Å². The minimum atomic E-state index is 0.393. The van der Waals surface area contributed by atoms with E-state index in [-0.39, 0.29) is 0 Å². The van der Waals surface area contributed by atoms with Gasteiger partial charge in [0.05, 0.1) is 17.2 Å². The molecule has 0 heterocycles. The molecule has 0 amide bonds. The van der Waals surface area contributed by atoms with Crippen molar-refractivity contribution in [2.75, 3.05) is 19.8 Å². The summed E-state index contributed by atoms with van der Waals surface area (Å²) in [4.78, 5) is 10.7. The Bertz CT molecular complexity index is 339. The van der Waals surface area contributed by atoms with Crippen molar-refractivity contribution in [2.45, 2.75) is 13.3 Å². The minimum Gasteiger partial charge on any atom is -0.489 e. The van der Waals surface area contributed by atoms with E-state index in [1.54, 1.807) is 18.2 Å². The van der Waals surface area contributed by atoms with Gasteiger partial charge in [-0.25, -0.2) is 0 Å². The molecule has 0 aliphatic heterocycles. The molecule has 0 bridgehead atoms. The van der Waals surface area contributed by atoms with E-state index in [1.165, 1.54) is 0 Å². The molecule has 0 aliphatic carbocycles. The SMILES string of the molecule is CCCOCCOc1c(Cl)cccc1C=O. The number of benzene rings is 1. The molecule has 0 unspecified atom stereocenters. The van der Waals surface area contributed by atoms with Gasteiger partial charge in [0, 0.05) is 6.61 Å². The summed E-state index contributed by atoms with van der Waals surface area (Å²) in [5, 5.41) is 0.445. The summed E-state index contributed by atoms with van der Waals surface area (Å²) in [5.41, 5.74) is 0.461. The van der Waals surface area contributed by atoms with Crippen LogP contribution in [0, 0.1) is 0 Å². The van der Waals surface area contributed by atoms with Crippen LogP contribution in [0.25, 0.3) is 0 Å². The first-order valence-corrected chi connectivity index (χ1v) is 5.61. The zero-order valence-corrected chi connectivity index (χ0v) is 10.00. The van der Waals surface area contributed by atoms with E-state index in [1.807, 2.05) is 6.92 Å². The normalized spacial score (nSPS) is 10.1. The van der Waals surface area contributed by atoms with Gasteiger partial charge in [0.15, 0.2) is 6.29 Å². The van der Waals surface area contributed by atoms with Crippen molar-refractivity contribution in [3.63, 3.8) is 0 Å². The second-order valence-electron chi connectivity index (χ2n) is 3.24. The summed E-state index contributed by atoms with van der Waals surface area (Å²) >= 11 is 5.92. The topological polar surface area (TPSA) is 35.5 Å². The predicted molar refractivity (Wildman–Crippen MR) is 63.4 cm³/mol. The number of hydrogen-bond acceptors (Lipinski definition) is 3. The van der Waals surface area contributed by atoms with Crippen LogP contribution in [0.2, 0.25) is 5.02 Å². The van der Waals surface area contributed by atoms with Crippen LogP contribution in [-0.4, -0.2) is 26.1 Å². The van der Waals surface area contributed by atoms with Crippen molar-refractivity contribution in [1.29, 1.82) is 0 Å². The van der Waals surface area contributed by atoms with Gasteiger partial charge in [0.25, 0.3) is 0 Å². The lowest BCUT2D eigenvalue weighted by Crippen LogP contribution is -2.08. The standard InChI is InChI=1S/C12H15ClO3/c1-2-6-15-7-8-16-12-10(9-14)4-3-5-11(12)13/h3-5,9H,2,6-8H2,1H3. The van der Waals surface area contributed by atoms with Crippen LogP contribution in [0.3, 0.4) is 0 Å². The maximum Gasteiger partial charge on any atom is 0.153 e. The highest BCUT2D eigenvalue weighted by atomic mass is 35.5. The summed E-state index contributed by atoms with van der Waals surface area (Å²) in [6.07, 6.45) is 1.71. The van der Waals surface area contributed by atoms with Crippen molar-refractivity contribution in [1.82, 2.24) is 0 Å². The van der Waals surface area contributed by atoms with Crippen LogP contribution < -0.4 is 4.74 Å². The monoisotopic (exact) mass is 242 g/mol. The number of hydrogen-bond donors (Lipinski definition) is 0. The predicted octanol–water partition coefficient (Wildman–Crippen LogP) is 2.96. The first-order chi connectivity index (χ1) is 7.79. The van der Waals surface area contributed by atoms with Gasteiger partial charge >= 0.3 is 0 Å². The number of halogens is 1. The molecule has 3 nitrogen and oxygen atoms in total. The summed E-state index contributed by atoms with van der Waals surface area (Å²) in [5.74, 6) is 0.430. The zero-order chi connectivity index (χ0) is 11.8. The van der Waals surface area contributed by atoms with Gasteiger partial charge in [-0.1, -0.05) is 24.6 Å². The molecule has 0 N–H and O–H groups in total. The Morgan fingerprint density at radius 2 is 2.12 bits per heavy atom. The van der Waals surface area contributed by atoms with Crippen LogP contribution in [0.1, 0.15) is 23.7 Å². The highest BCUT2D eigenvalue weighted by molar-refractivity contribution is 6.32. The molecule has 0 spiro atoms. The van der Waals surface area contributed by atoms with Gasteiger partial charge in [-0.15, -0.1) is 0 Å². The quantitative estimate of drug-likeness (QED) is 0.545. The van der Waals surface area contributed by atoms with Crippen LogP contribution in [-0.2, 0) is 4.74 Å². The highest BCUT2D eigenvalue weighted by Crippen LogP contribution is 2.27. The fourth-order valence-electron chi connectivity index (χ4n) is 1.22. The molecule has 88 valence electrons. The Hall–Kier alpha value is -1.06. The number of aldehydes is 1. The lowest BCUT2D eigenvalue weighted by Gasteiger charge is -2.10. The number of ether oxygens (including phenoxy) is 2. The second-order valence-corrected chi connectivity index (χ2v) is 3.64. The molecule has 1 aromatic rings. The molecular weight excluding hydrogens is 228 g/mol. The second kappa shape index (κ2) is 7.25. The smallest absolute Gasteiger partial charge is 0.153 e. The summed E-state index contributed by atoms with van der Waals surface area (Å²) in [6, 6.07) is 5.07.